The van der Waals surface area contributed by atoms with Gasteiger partial charge in [-0.1, -0.05) is 12.5 Å². The lowest BCUT2D eigenvalue weighted by Crippen LogP contribution is -2.48. The summed E-state index contributed by atoms with van der Waals surface area (Å²) in [6.07, 6.45) is 5.21. The normalized spacial score (nSPS) is 16.6. The maximum atomic E-state index is 12.9. The molecule has 1 fully saturated rings. The number of thiophene rings is 1. The van der Waals surface area contributed by atoms with Crippen LogP contribution in [0.15, 0.2) is 24.3 Å². The van der Waals surface area contributed by atoms with Crippen molar-refractivity contribution < 1.29 is 19.1 Å². The van der Waals surface area contributed by atoms with Crippen molar-refractivity contribution >= 4 is 33.9 Å². The van der Waals surface area contributed by atoms with Crippen LogP contribution in [0.5, 0.6) is 5.75 Å². The van der Waals surface area contributed by atoms with E-state index >= 15 is 0 Å². The van der Waals surface area contributed by atoms with Crippen LogP contribution in [-0.2, 0) is 22.4 Å². The van der Waals surface area contributed by atoms with Gasteiger partial charge in [-0.3, -0.25) is 9.69 Å². The minimum absolute atomic E-state index is 0.0770. The number of nitrogens with zero attached hydrogens (tertiary/aromatic N) is 2. The summed E-state index contributed by atoms with van der Waals surface area (Å²) < 4.78 is 10.7. The molecular formula is C25H33N3O4S. The number of fused-ring (bicyclic) bond motifs is 1. The zero-order chi connectivity index (χ0) is 23.2. The molecule has 2 heterocycles. The first-order chi connectivity index (χ1) is 16.1. The summed E-state index contributed by atoms with van der Waals surface area (Å²) in [6.45, 7) is 5.76. The van der Waals surface area contributed by atoms with Gasteiger partial charge in [-0.15, -0.1) is 11.3 Å². The minimum atomic E-state index is -0.320. The molecule has 7 nitrogen and oxygen atoms in total. The number of carbonyl (C=O) groups is 2. The third kappa shape index (κ3) is 5.68. The van der Waals surface area contributed by atoms with E-state index in [0.29, 0.717) is 23.7 Å². The van der Waals surface area contributed by atoms with Crippen LogP contribution in [0.1, 0.15) is 47.0 Å². The molecule has 4 rings (SSSR count). The maximum Gasteiger partial charge on any atom is 0.341 e. The third-order valence-corrected chi connectivity index (χ3v) is 7.52. The Morgan fingerprint density at radius 1 is 1.09 bits per heavy atom. The molecular weight excluding hydrogens is 438 g/mol. The lowest BCUT2D eigenvalue weighted by Gasteiger charge is -2.35. The van der Waals surface area contributed by atoms with Crippen molar-refractivity contribution in [3.63, 3.8) is 0 Å². The highest BCUT2D eigenvalue weighted by atomic mass is 32.1. The summed E-state index contributed by atoms with van der Waals surface area (Å²) in [4.78, 5) is 31.3. The summed E-state index contributed by atoms with van der Waals surface area (Å²) in [7, 11) is 1.68. The zero-order valence-corrected chi connectivity index (χ0v) is 20.3. The molecule has 1 aromatic carbocycles. The van der Waals surface area contributed by atoms with Crippen LogP contribution in [-0.4, -0.2) is 63.2 Å². The number of carbonyl (C=O) groups excluding carboxylic acids is 2. The van der Waals surface area contributed by atoms with Crippen LogP contribution < -0.4 is 15.0 Å². The first-order valence-corrected chi connectivity index (χ1v) is 12.6. The molecule has 1 amide bonds. The Kier molecular flexibility index (Phi) is 7.88. The van der Waals surface area contributed by atoms with Crippen LogP contribution in [0, 0.1) is 0 Å². The second-order valence-electron chi connectivity index (χ2n) is 8.50. The van der Waals surface area contributed by atoms with Crippen molar-refractivity contribution in [1.29, 1.82) is 0 Å². The molecule has 1 saturated heterocycles. The van der Waals surface area contributed by atoms with E-state index in [1.165, 1.54) is 11.3 Å². The third-order valence-electron chi connectivity index (χ3n) is 6.31. The Bertz CT molecular complexity index is 982. The van der Waals surface area contributed by atoms with Gasteiger partial charge in [-0.25, -0.2) is 4.79 Å². The fourth-order valence-electron chi connectivity index (χ4n) is 4.59. The number of benzene rings is 1. The molecule has 1 N–H and O–H groups in total. The van der Waals surface area contributed by atoms with Crippen LogP contribution >= 0.6 is 11.3 Å². The van der Waals surface area contributed by atoms with Crippen molar-refractivity contribution in [1.82, 2.24) is 4.90 Å². The number of piperazine rings is 1. The van der Waals surface area contributed by atoms with E-state index in [0.717, 1.165) is 68.9 Å². The topological polar surface area (TPSA) is 71.1 Å². The summed E-state index contributed by atoms with van der Waals surface area (Å²) in [6, 6.07) is 8.07. The molecule has 0 radical (unpaired) electrons. The van der Waals surface area contributed by atoms with Gasteiger partial charge in [0.25, 0.3) is 0 Å². The van der Waals surface area contributed by atoms with E-state index in [-0.39, 0.29) is 11.9 Å². The van der Waals surface area contributed by atoms with Crippen molar-refractivity contribution in [3.8, 4) is 5.75 Å². The fourth-order valence-corrected chi connectivity index (χ4v) is 5.88. The summed E-state index contributed by atoms with van der Waals surface area (Å²) in [5.74, 6) is 0.451. The molecule has 0 unspecified atom stereocenters. The average Bonchev–Trinajstić information content (AvgIpc) is 2.99. The number of ether oxygens (including phenoxy) is 2. The van der Waals surface area contributed by atoms with Gasteiger partial charge >= 0.3 is 5.97 Å². The highest BCUT2D eigenvalue weighted by Crippen LogP contribution is 2.38. The second-order valence-corrected chi connectivity index (χ2v) is 9.61. The quantitative estimate of drug-likeness (QED) is 0.487. The van der Waals surface area contributed by atoms with Crippen molar-refractivity contribution in [2.45, 2.75) is 39.0 Å². The number of anilines is 2. The smallest absolute Gasteiger partial charge is 0.341 e. The molecule has 2 aliphatic rings. The van der Waals surface area contributed by atoms with E-state index in [2.05, 4.69) is 21.2 Å². The van der Waals surface area contributed by atoms with Gasteiger partial charge in [0.15, 0.2) is 0 Å². The molecule has 2 aromatic rings. The number of amides is 1. The SMILES string of the molecule is CCOC(=O)c1c(NC(=O)CN2CCN(c3cccc(OC)c3)CC2)sc2c1CCCCC2. The molecule has 0 atom stereocenters. The molecule has 8 heteroatoms. The lowest BCUT2D eigenvalue weighted by atomic mass is 10.1. The van der Waals surface area contributed by atoms with Crippen LogP contribution in [0.3, 0.4) is 0 Å². The fraction of sp³-hybridized carbons (Fsp3) is 0.520. The number of aryl methyl sites for hydroxylation is 1. The van der Waals surface area contributed by atoms with E-state index in [1.807, 2.05) is 25.1 Å². The van der Waals surface area contributed by atoms with Crippen molar-refractivity contribution in [2.75, 3.05) is 56.7 Å². The standard InChI is InChI=1S/C25H33N3O4S/c1-3-32-25(30)23-20-10-5-4-6-11-21(20)33-24(23)26-22(29)17-27-12-14-28(15-13-27)18-8-7-9-19(16-18)31-2/h7-9,16H,3-6,10-15,17H2,1-2H3,(H,26,29). The van der Waals surface area contributed by atoms with E-state index in [9.17, 15) is 9.59 Å². The Balaban J connectivity index is 1.38. The summed E-state index contributed by atoms with van der Waals surface area (Å²) in [5, 5.41) is 3.69. The van der Waals surface area contributed by atoms with E-state index < -0.39 is 0 Å². The van der Waals surface area contributed by atoms with Gasteiger partial charge in [0.2, 0.25) is 5.91 Å². The van der Waals surface area contributed by atoms with Gasteiger partial charge < -0.3 is 19.7 Å². The van der Waals surface area contributed by atoms with Gasteiger partial charge in [0.1, 0.15) is 10.8 Å². The second kappa shape index (κ2) is 11.0. The Morgan fingerprint density at radius 2 is 1.88 bits per heavy atom. The van der Waals surface area contributed by atoms with Gasteiger partial charge in [-0.05, 0) is 50.3 Å². The molecule has 0 spiro atoms. The van der Waals surface area contributed by atoms with E-state index in [1.54, 1.807) is 18.4 Å². The lowest BCUT2D eigenvalue weighted by molar-refractivity contribution is -0.117. The first-order valence-electron chi connectivity index (χ1n) is 11.8. The minimum Gasteiger partial charge on any atom is -0.497 e. The van der Waals surface area contributed by atoms with Gasteiger partial charge in [0.05, 0.1) is 25.8 Å². The number of hydrogen-bond acceptors (Lipinski definition) is 7. The molecule has 1 aliphatic heterocycles. The van der Waals surface area contributed by atoms with Crippen LogP contribution in [0.4, 0.5) is 10.7 Å². The van der Waals surface area contributed by atoms with Gasteiger partial charge in [0, 0.05) is 42.8 Å². The maximum absolute atomic E-state index is 12.9. The molecule has 1 aromatic heterocycles. The molecule has 178 valence electrons. The summed E-state index contributed by atoms with van der Waals surface area (Å²) in [5.41, 5.74) is 2.80. The van der Waals surface area contributed by atoms with Crippen molar-refractivity contribution in [3.05, 3.63) is 40.3 Å². The molecule has 0 saturated carbocycles. The number of rotatable bonds is 7. The van der Waals surface area contributed by atoms with E-state index in [4.69, 9.17) is 9.47 Å². The first kappa shape index (κ1) is 23.6. The highest BCUT2D eigenvalue weighted by molar-refractivity contribution is 7.17. The Hall–Kier alpha value is -2.58. The largest absolute Gasteiger partial charge is 0.497 e. The van der Waals surface area contributed by atoms with Gasteiger partial charge in [-0.2, -0.15) is 0 Å². The number of nitrogens with one attached hydrogen (secondary N) is 1. The predicted octanol–water partition coefficient (Wildman–Crippen LogP) is 3.96. The van der Waals surface area contributed by atoms with Crippen molar-refractivity contribution in [2.24, 2.45) is 0 Å². The summed E-state index contributed by atoms with van der Waals surface area (Å²) >= 11 is 1.55. The Labute approximate surface area is 199 Å². The predicted molar refractivity (Wildman–Crippen MR) is 132 cm³/mol. The molecule has 0 bridgehead atoms. The zero-order valence-electron chi connectivity index (χ0n) is 19.5. The Morgan fingerprint density at radius 3 is 2.64 bits per heavy atom. The number of hydrogen-bond donors (Lipinski definition) is 1. The number of methoxy groups -OCH3 is 1. The number of esters is 1. The highest BCUT2D eigenvalue weighted by Gasteiger charge is 2.27. The molecule has 33 heavy (non-hydrogen) atoms. The van der Waals surface area contributed by atoms with Crippen LogP contribution in [0.25, 0.3) is 0 Å². The monoisotopic (exact) mass is 471 g/mol. The average molecular weight is 472 g/mol. The van der Waals surface area contributed by atoms with Crippen LogP contribution in [0.2, 0.25) is 0 Å². The molecule has 1 aliphatic carbocycles.